The van der Waals surface area contributed by atoms with Crippen molar-refractivity contribution in [3.05, 3.63) is 64.8 Å². The van der Waals surface area contributed by atoms with Crippen LogP contribution < -0.4 is 0 Å². The summed E-state index contributed by atoms with van der Waals surface area (Å²) in [5.41, 5.74) is 4.13. The molecular formula is C19H21N3O4S. The van der Waals surface area contributed by atoms with Crippen LogP contribution in [0, 0.1) is 6.92 Å². The zero-order chi connectivity index (χ0) is 19.6. The van der Waals surface area contributed by atoms with Gasteiger partial charge in [0, 0.05) is 25.5 Å². The van der Waals surface area contributed by atoms with Gasteiger partial charge in [-0.15, -0.1) is 0 Å². The molecule has 0 bridgehead atoms. The van der Waals surface area contributed by atoms with Gasteiger partial charge >= 0.3 is 5.97 Å². The first-order valence-corrected chi connectivity index (χ1v) is 9.41. The molecular weight excluding hydrogens is 366 g/mol. The van der Waals surface area contributed by atoms with Crippen LogP contribution in [0.25, 0.3) is 10.9 Å². The van der Waals surface area contributed by atoms with Gasteiger partial charge in [-0.1, -0.05) is 18.2 Å². The van der Waals surface area contributed by atoms with Crippen LogP contribution in [-0.2, 0) is 36.1 Å². The van der Waals surface area contributed by atoms with Crippen molar-refractivity contribution in [3.8, 4) is 0 Å². The molecule has 1 heterocycles. The van der Waals surface area contributed by atoms with Gasteiger partial charge < -0.3 is 4.74 Å². The third-order valence-electron chi connectivity index (χ3n) is 4.41. The van der Waals surface area contributed by atoms with Crippen LogP contribution in [0.15, 0.2) is 42.5 Å². The fourth-order valence-electron chi connectivity index (χ4n) is 3.02. The molecule has 0 aliphatic rings. The van der Waals surface area contributed by atoms with Gasteiger partial charge in [0.2, 0.25) is 11.3 Å². The third-order valence-corrected chi connectivity index (χ3v) is 5.11. The first kappa shape index (κ1) is 19.2. The number of hydrogen-bond acceptors (Lipinski definition) is 4. The van der Waals surface area contributed by atoms with Gasteiger partial charge in [0.25, 0.3) is 0 Å². The molecule has 0 amide bonds. The van der Waals surface area contributed by atoms with Gasteiger partial charge in [-0.05, 0) is 42.3 Å². The summed E-state index contributed by atoms with van der Waals surface area (Å²) in [5, 5.41) is 5.43. The van der Waals surface area contributed by atoms with Gasteiger partial charge in [-0.2, -0.15) is 9.40 Å². The van der Waals surface area contributed by atoms with Gasteiger partial charge in [0.05, 0.1) is 23.9 Å². The minimum atomic E-state index is -2.13. The van der Waals surface area contributed by atoms with E-state index < -0.39 is 17.2 Å². The largest absolute Gasteiger partial charge is 0.465 e. The van der Waals surface area contributed by atoms with E-state index in [1.165, 1.54) is 11.4 Å². The van der Waals surface area contributed by atoms with Crippen LogP contribution >= 0.6 is 0 Å². The lowest BCUT2D eigenvalue weighted by atomic mass is 10.1. The van der Waals surface area contributed by atoms with Gasteiger partial charge in [0.15, 0.2) is 0 Å². The summed E-state index contributed by atoms with van der Waals surface area (Å²) in [6.07, 6.45) is 0. The number of nitrogens with zero attached hydrogens (tertiary/aromatic N) is 3. The minimum absolute atomic E-state index is 0.272. The van der Waals surface area contributed by atoms with E-state index in [4.69, 9.17) is 0 Å². The number of methoxy groups -OCH3 is 1. The van der Waals surface area contributed by atoms with Crippen molar-refractivity contribution in [2.75, 3.05) is 7.11 Å². The number of aryl methyl sites for hydroxylation is 2. The molecule has 7 nitrogen and oxygen atoms in total. The number of carbonyl (C=O) groups excluding carboxylic acids is 1. The SMILES string of the molecule is COC(=O)c1ccc(CN(Cc2ccc3c(c2)c(C)nn3C)S(=O)O)cc1. The lowest BCUT2D eigenvalue weighted by Crippen LogP contribution is -2.24. The van der Waals surface area contributed by atoms with Crippen LogP contribution in [0.2, 0.25) is 0 Å². The van der Waals surface area contributed by atoms with E-state index in [1.807, 2.05) is 36.9 Å². The number of benzene rings is 2. The fourth-order valence-corrected chi connectivity index (χ4v) is 3.54. The van der Waals surface area contributed by atoms with Crippen molar-refractivity contribution >= 4 is 28.1 Å². The molecule has 142 valence electrons. The number of hydrogen-bond donors (Lipinski definition) is 1. The Kier molecular flexibility index (Phi) is 5.69. The average molecular weight is 387 g/mol. The van der Waals surface area contributed by atoms with Crippen molar-refractivity contribution in [3.63, 3.8) is 0 Å². The van der Waals surface area contributed by atoms with Crippen LogP contribution in [0.1, 0.15) is 27.2 Å². The predicted octanol–water partition coefficient (Wildman–Crippen LogP) is 2.81. The fraction of sp³-hybridized carbons (Fsp3) is 0.263. The van der Waals surface area contributed by atoms with Gasteiger partial charge in [-0.25, -0.2) is 9.00 Å². The second kappa shape index (κ2) is 7.99. The highest BCUT2D eigenvalue weighted by Crippen LogP contribution is 2.21. The Morgan fingerprint density at radius 1 is 1.19 bits per heavy atom. The van der Waals surface area contributed by atoms with Crippen LogP contribution in [0.3, 0.4) is 0 Å². The maximum absolute atomic E-state index is 11.8. The summed E-state index contributed by atoms with van der Waals surface area (Å²) >= 11 is -2.13. The Morgan fingerprint density at radius 3 is 2.44 bits per heavy atom. The van der Waals surface area contributed by atoms with Crippen molar-refractivity contribution in [1.82, 2.24) is 14.1 Å². The maximum Gasteiger partial charge on any atom is 0.337 e. The molecule has 0 aliphatic heterocycles. The Balaban J connectivity index is 1.79. The van der Waals surface area contributed by atoms with E-state index in [0.29, 0.717) is 12.1 Å². The van der Waals surface area contributed by atoms with E-state index in [-0.39, 0.29) is 6.54 Å². The normalized spacial score (nSPS) is 12.5. The van der Waals surface area contributed by atoms with Crippen LogP contribution in [0.5, 0.6) is 0 Å². The Hall–Kier alpha value is -2.55. The summed E-state index contributed by atoms with van der Waals surface area (Å²) in [6, 6.07) is 12.7. The summed E-state index contributed by atoms with van der Waals surface area (Å²) in [7, 11) is 3.22. The summed E-state index contributed by atoms with van der Waals surface area (Å²) in [6.45, 7) is 2.53. The molecule has 1 aromatic heterocycles. The second-order valence-electron chi connectivity index (χ2n) is 6.28. The van der Waals surface area contributed by atoms with E-state index in [0.717, 1.165) is 27.7 Å². The molecule has 0 saturated carbocycles. The Bertz CT molecular complexity index is 998. The van der Waals surface area contributed by atoms with E-state index >= 15 is 0 Å². The summed E-state index contributed by atoms with van der Waals surface area (Å²) in [4.78, 5) is 11.5. The zero-order valence-electron chi connectivity index (χ0n) is 15.4. The summed E-state index contributed by atoms with van der Waals surface area (Å²) < 4.78 is 29.4. The molecule has 3 rings (SSSR count). The molecule has 8 heteroatoms. The highest BCUT2D eigenvalue weighted by atomic mass is 32.2. The highest BCUT2D eigenvalue weighted by molar-refractivity contribution is 7.76. The standard InChI is InChI=1S/C19H21N3O4S/c1-13-17-10-15(6-9-18(17)21(2)20-13)12-22(27(24)25)11-14-4-7-16(8-5-14)19(23)26-3/h4-10H,11-12H2,1-3H3,(H,24,25). The molecule has 1 atom stereocenters. The van der Waals surface area contributed by atoms with Gasteiger partial charge in [0.1, 0.15) is 0 Å². The molecule has 2 aromatic carbocycles. The van der Waals surface area contributed by atoms with E-state index in [9.17, 15) is 13.6 Å². The molecule has 3 aromatic rings. The molecule has 27 heavy (non-hydrogen) atoms. The smallest absolute Gasteiger partial charge is 0.337 e. The van der Waals surface area contributed by atoms with Crippen molar-refractivity contribution in [1.29, 1.82) is 0 Å². The molecule has 1 unspecified atom stereocenters. The molecule has 1 N–H and O–H groups in total. The number of aromatic nitrogens is 2. The first-order chi connectivity index (χ1) is 12.9. The number of rotatable bonds is 6. The molecule has 0 fully saturated rings. The van der Waals surface area contributed by atoms with E-state index in [2.05, 4.69) is 9.84 Å². The highest BCUT2D eigenvalue weighted by Gasteiger charge is 2.15. The Labute approximate surface area is 160 Å². The van der Waals surface area contributed by atoms with E-state index in [1.54, 1.807) is 24.3 Å². The predicted molar refractivity (Wildman–Crippen MR) is 103 cm³/mol. The maximum atomic E-state index is 11.8. The monoisotopic (exact) mass is 387 g/mol. The third kappa shape index (κ3) is 4.24. The van der Waals surface area contributed by atoms with Crippen molar-refractivity contribution in [2.45, 2.75) is 20.0 Å². The van der Waals surface area contributed by atoms with Crippen molar-refractivity contribution < 1.29 is 18.3 Å². The second-order valence-corrected chi connectivity index (χ2v) is 7.26. The topological polar surface area (TPSA) is 84.7 Å². The Morgan fingerprint density at radius 2 is 1.81 bits per heavy atom. The number of fused-ring (bicyclic) bond motifs is 1. The van der Waals surface area contributed by atoms with Gasteiger partial charge in [-0.3, -0.25) is 9.23 Å². The summed E-state index contributed by atoms with van der Waals surface area (Å²) in [5.74, 6) is -0.413. The molecule has 0 radical (unpaired) electrons. The number of esters is 1. The lowest BCUT2D eigenvalue weighted by Gasteiger charge is -2.18. The number of ether oxygens (including phenoxy) is 1. The lowest BCUT2D eigenvalue weighted by molar-refractivity contribution is 0.0600. The number of carbonyl (C=O) groups is 1. The quantitative estimate of drug-likeness (QED) is 0.519. The first-order valence-electron chi connectivity index (χ1n) is 8.34. The molecule has 0 spiro atoms. The van der Waals surface area contributed by atoms with Crippen molar-refractivity contribution in [2.24, 2.45) is 7.05 Å². The molecule has 0 aliphatic carbocycles. The van der Waals surface area contributed by atoms with Crippen LogP contribution in [0.4, 0.5) is 0 Å². The molecule has 0 saturated heterocycles. The van der Waals surface area contributed by atoms with Crippen LogP contribution in [-0.4, -0.2) is 35.9 Å². The minimum Gasteiger partial charge on any atom is -0.465 e. The zero-order valence-corrected chi connectivity index (χ0v) is 16.2. The average Bonchev–Trinajstić information content (AvgIpc) is 2.94.